The summed E-state index contributed by atoms with van der Waals surface area (Å²) in [5.74, 6) is 1.83. The minimum Gasteiger partial charge on any atom is -0.459 e. The van der Waals surface area contributed by atoms with E-state index in [-0.39, 0.29) is 30.2 Å². The van der Waals surface area contributed by atoms with Gasteiger partial charge in [0.2, 0.25) is 5.91 Å². The molecule has 0 bridgehead atoms. The zero-order chi connectivity index (χ0) is 17.9. The van der Waals surface area contributed by atoms with Crippen LogP contribution in [0.15, 0.2) is 22.8 Å². The molecule has 2 aromatic heterocycles. The molecule has 4 heterocycles. The zero-order valence-electron chi connectivity index (χ0n) is 14.2. The van der Waals surface area contributed by atoms with Gasteiger partial charge in [0.25, 0.3) is 5.91 Å². The summed E-state index contributed by atoms with van der Waals surface area (Å²) in [6.45, 7) is 1.31. The van der Waals surface area contributed by atoms with Crippen LogP contribution < -0.4 is 10.6 Å². The molecule has 1 fully saturated rings. The van der Waals surface area contributed by atoms with Gasteiger partial charge in [-0.2, -0.15) is 16.9 Å². The first-order chi connectivity index (χ1) is 12.7. The van der Waals surface area contributed by atoms with Crippen molar-refractivity contribution in [3.8, 4) is 0 Å². The van der Waals surface area contributed by atoms with Crippen molar-refractivity contribution in [2.75, 3.05) is 18.5 Å². The van der Waals surface area contributed by atoms with E-state index in [2.05, 4.69) is 15.7 Å². The Morgan fingerprint density at radius 3 is 3.08 bits per heavy atom. The summed E-state index contributed by atoms with van der Waals surface area (Å²) >= 11 is 1.74. The largest absolute Gasteiger partial charge is 0.459 e. The maximum atomic E-state index is 12.3. The number of hydrogen-bond donors (Lipinski definition) is 2. The summed E-state index contributed by atoms with van der Waals surface area (Å²) in [7, 11) is 0. The van der Waals surface area contributed by atoms with Crippen molar-refractivity contribution in [2.24, 2.45) is 0 Å². The van der Waals surface area contributed by atoms with E-state index in [1.165, 1.54) is 6.26 Å². The molecule has 0 aliphatic carbocycles. The summed E-state index contributed by atoms with van der Waals surface area (Å²) in [6, 6.07) is 3.25. The Morgan fingerprint density at radius 2 is 2.31 bits per heavy atom. The average molecular weight is 376 g/mol. The van der Waals surface area contributed by atoms with Crippen LogP contribution >= 0.6 is 11.8 Å². The van der Waals surface area contributed by atoms with Crippen molar-refractivity contribution in [2.45, 2.75) is 37.0 Å². The van der Waals surface area contributed by atoms with Gasteiger partial charge in [0, 0.05) is 30.2 Å². The van der Waals surface area contributed by atoms with Crippen LogP contribution in [0.2, 0.25) is 0 Å². The van der Waals surface area contributed by atoms with Gasteiger partial charge in [0.15, 0.2) is 5.76 Å². The first kappa shape index (κ1) is 17.2. The Morgan fingerprint density at radius 1 is 1.38 bits per heavy atom. The standard InChI is InChI=1S/C17H20N4O4S/c22-15(18-7-11-3-1-5-24-11)8-21-16(12-9-26-10-13(12)20-21)19-17(23)14-4-2-6-25-14/h2,4,6,11H,1,3,5,7-10H2,(H,18,22)(H,19,23)/t11-/m0/s1. The van der Waals surface area contributed by atoms with Gasteiger partial charge in [0.1, 0.15) is 12.4 Å². The van der Waals surface area contributed by atoms with Crippen molar-refractivity contribution >= 4 is 29.4 Å². The van der Waals surface area contributed by atoms with Crippen LogP contribution in [0.1, 0.15) is 34.7 Å². The Labute approximate surface area is 154 Å². The molecule has 0 unspecified atom stereocenters. The number of thioether (sulfide) groups is 1. The number of aromatic nitrogens is 2. The molecule has 0 spiro atoms. The number of fused-ring (bicyclic) bond motifs is 1. The van der Waals surface area contributed by atoms with E-state index in [9.17, 15) is 9.59 Å². The van der Waals surface area contributed by atoms with Crippen LogP contribution in [-0.2, 0) is 27.6 Å². The van der Waals surface area contributed by atoms with Gasteiger partial charge in [0.05, 0.1) is 18.1 Å². The molecule has 1 atom stereocenters. The maximum Gasteiger partial charge on any atom is 0.292 e. The third-order valence-corrected chi connectivity index (χ3v) is 5.41. The molecule has 2 aromatic rings. The molecule has 2 aliphatic heterocycles. The lowest BCUT2D eigenvalue weighted by molar-refractivity contribution is -0.122. The fourth-order valence-electron chi connectivity index (χ4n) is 3.12. The molecule has 8 nitrogen and oxygen atoms in total. The normalized spacial score (nSPS) is 18.7. The van der Waals surface area contributed by atoms with Crippen molar-refractivity contribution in [3.05, 3.63) is 35.4 Å². The van der Waals surface area contributed by atoms with Crippen LogP contribution in [-0.4, -0.2) is 40.9 Å². The summed E-state index contributed by atoms with van der Waals surface area (Å²) < 4.78 is 12.2. The van der Waals surface area contributed by atoms with Crippen LogP contribution in [0.3, 0.4) is 0 Å². The van der Waals surface area contributed by atoms with E-state index < -0.39 is 0 Å². The number of ether oxygens (including phenoxy) is 1. The third-order valence-electron chi connectivity index (χ3n) is 4.44. The van der Waals surface area contributed by atoms with E-state index in [4.69, 9.17) is 9.15 Å². The highest BCUT2D eigenvalue weighted by atomic mass is 32.2. The van der Waals surface area contributed by atoms with Gasteiger partial charge in [-0.25, -0.2) is 4.68 Å². The fraction of sp³-hybridized carbons (Fsp3) is 0.471. The quantitative estimate of drug-likeness (QED) is 0.797. The number of hydrogen-bond acceptors (Lipinski definition) is 6. The minimum absolute atomic E-state index is 0.0537. The number of amides is 2. The van der Waals surface area contributed by atoms with Gasteiger partial charge in [-0.3, -0.25) is 9.59 Å². The van der Waals surface area contributed by atoms with E-state index in [0.29, 0.717) is 12.4 Å². The van der Waals surface area contributed by atoms with E-state index in [1.807, 2.05) is 0 Å². The second-order valence-corrected chi connectivity index (χ2v) is 7.28. The van der Waals surface area contributed by atoms with Crippen LogP contribution in [0.4, 0.5) is 5.82 Å². The minimum atomic E-state index is -0.351. The lowest BCUT2D eigenvalue weighted by atomic mass is 10.2. The SMILES string of the molecule is O=C(Cn1nc2c(c1NC(=O)c1ccco1)CSC2)NC[C@@H]1CCCO1. The molecule has 0 radical (unpaired) electrons. The summed E-state index contributed by atoms with van der Waals surface area (Å²) in [6.07, 6.45) is 3.55. The van der Waals surface area contributed by atoms with Gasteiger partial charge >= 0.3 is 0 Å². The van der Waals surface area contributed by atoms with Crippen molar-refractivity contribution in [1.29, 1.82) is 0 Å². The molecule has 4 rings (SSSR count). The molecular formula is C17H20N4O4S. The number of carbonyl (C=O) groups is 2. The number of nitrogens with zero attached hydrogens (tertiary/aromatic N) is 2. The van der Waals surface area contributed by atoms with Crippen molar-refractivity contribution < 1.29 is 18.7 Å². The fourth-order valence-corrected chi connectivity index (χ4v) is 4.16. The number of anilines is 1. The molecule has 9 heteroatoms. The molecule has 2 amide bonds. The Hall–Kier alpha value is -2.26. The lowest BCUT2D eigenvalue weighted by Crippen LogP contribution is -2.34. The predicted molar refractivity (Wildman–Crippen MR) is 95.9 cm³/mol. The Kier molecular flexibility index (Phi) is 4.98. The predicted octanol–water partition coefficient (Wildman–Crippen LogP) is 1.77. The van der Waals surface area contributed by atoms with E-state index in [1.54, 1.807) is 28.6 Å². The lowest BCUT2D eigenvalue weighted by Gasteiger charge is -2.13. The third kappa shape index (κ3) is 3.63. The zero-order valence-corrected chi connectivity index (χ0v) is 15.0. The summed E-state index contributed by atoms with van der Waals surface area (Å²) in [5.41, 5.74) is 1.89. The van der Waals surface area contributed by atoms with E-state index >= 15 is 0 Å². The van der Waals surface area contributed by atoms with E-state index in [0.717, 1.165) is 42.2 Å². The molecule has 1 saturated heterocycles. The molecule has 2 aliphatic rings. The van der Waals surface area contributed by atoms with Crippen LogP contribution in [0.5, 0.6) is 0 Å². The molecular weight excluding hydrogens is 356 g/mol. The Balaban J connectivity index is 1.45. The highest BCUT2D eigenvalue weighted by molar-refractivity contribution is 7.98. The highest BCUT2D eigenvalue weighted by Crippen LogP contribution is 2.34. The molecule has 0 aromatic carbocycles. The first-order valence-electron chi connectivity index (χ1n) is 8.60. The molecule has 138 valence electrons. The Bertz CT molecular complexity index is 796. The number of nitrogens with one attached hydrogen (secondary N) is 2. The van der Waals surface area contributed by atoms with Crippen LogP contribution in [0, 0.1) is 0 Å². The average Bonchev–Trinajstić information content (AvgIpc) is 3.40. The monoisotopic (exact) mass is 376 g/mol. The van der Waals surface area contributed by atoms with Gasteiger partial charge in [-0.05, 0) is 25.0 Å². The van der Waals surface area contributed by atoms with Crippen molar-refractivity contribution in [1.82, 2.24) is 15.1 Å². The molecule has 26 heavy (non-hydrogen) atoms. The van der Waals surface area contributed by atoms with Gasteiger partial charge in [-0.15, -0.1) is 0 Å². The second-order valence-electron chi connectivity index (χ2n) is 6.29. The summed E-state index contributed by atoms with van der Waals surface area (Å²) in [4.78, 5) is 24.6. The van der Waals surface area contributed by atoms with Gasteiger partial charge in [-0.1, -0.05) is 0 Å². The smallest absolute Gasteiger partial charge is 0.292 e. The summed E-state index contributed by atoms with van der Waals surface area (Å²) in [5, 5.41) is 10.2. The number of furan rings is 1. The second kappa shape index (κ2) is 7.55. The number of carbonyl (C=O) groups excluding carboxylic acids is 2. The van der Waals surface area contributed by atoms with Crippen LogP contribution in [0.25, 0.3) is 0 Å². The van der Waals surface area contributed by atoms with Crippen molar-refractivity contribution in [3.63, 3.8) is 0 Å². The highest BCUT2D eigenvalue weighted by Gasteiger charge is 2.26. The maximum absolute atomic E-state index is 12.3. The van der Waals surface area contributed by atoms with Gasteiger partial charge < -0.3 is 19.8 Å². The molecule has 2 N–H and O–H groups in total. The first-order valence-corrected chi connectivity index (χ1v) is 9.75. The topological polar surface area (TPSA) is 98.4 Å². The molecule has 0 saturated carbocycles. The number of rotatable bonds is 6.